The van der Waals surface area contributed by atoms with E-state index < -0.39 is 0 Å². The van der Waals surface area contributed by atoms with Crippen molar-refractivity contribution in [2.75, 3.05) is 26.9 Å². The molecule has 4 nitrogen and oxygen atoms in total. The molecule has 0 saturated carbocycles. The second-order valence-electron chi connectivity index (χ2n) is 4.58. The highest BCUT2D eigenvalue weighted by Gasteiger charge is 2.22. The van der Waals surface area contributed by atoms with Crippen LogP contribution in [0, 0.1) is 0 Å². The van der Waals surface area contributed by atoms with E-state index in [-0.39, 0.29) is 5.75 Å². The van der Waals surface area contributed by atoms with Crippen LogP contribution >= 0.6 is 0 Å². The number of hydrogen-bond donors (Lipinski definition) is 1. The maximum atomic E-state index is 10.1. The van der Waals surface area contributed by atoms with Crippen LogP contribution in [-0.2, 0) is 11.3 Å². The van der Waals surface area contributed by atoms with E-state index in [4.69, 9.17) is 9.47 Å². The molecule has 18 heavy (non-hydrogen) atoms. The van der Waals surface area contributed by atoms with E-state index in [0.717, 1.165) is 38.3 Å². The number of benzene rings is 1. The fourth-order valence-corrected chi connectivity index (χ4v) is 2.35. The largest absolute Gasteiger partial charge is 0.504 e. The average molecular weight is 251 g/mol. The van der Waals surface area contributed by atoms with Gasteiger partial charge in [-0.3, -0.25) is 4.90 Å². The Hall–Kier alpha value is -1.26. The Balaban J connectivity index is 2.12. The highest BCUT2D eigenvalue weighted by Crippen LogP contribution is 2.31. The zero-order valence-electron chi connectivity index (χ0n) is 11.1. The van der Waals surface area contributed by atoms with Gasteiger partial charge in [0.15, 0.2) is 11.5 Å². The van der Waals surface area contributed by atoms with Gasteiger partial charge in [0, 0.05) is 24.7 Å². The number of phenols is 1. The van der Waals surface area contributed by atoms with Crippen LogP contribution in [-0.4, -0.2) is 42.9 Å². The molecule has 1 aliphatic heterocycles. The number of hydrogen-bond acceptors (Lipinski definition) is 4. The van der Waals surface area contributed by atoms with Crippen molar-refractivity contribution in [1.82, 2.24) is 4.90 Å². The second kappa shape index (κ2) is 6.07. The number of morpholine rings is 1. The predicted octanol–water partition coefficient (Wildman–Crippen LogP) is 2.01. The molecule has 100 valence electrons. The van der Waals surface area contributed by atoms with E-state index in [9.17, 15) is 5.11 Å². The monoisotopic (exact) mass is 251 g/mol. The van der Waals surface area contributed by atoms with Crippen LogP contribution in [0.15, 0.2) is 18.2 Å². The van der Waals surface area contributed by atoms with E-state index in [2.05, 4.69) is 11.8 Å². The molecule has 0 amide bonds. The molecule has 0 spiro atoms. The summed E-state index contributed by atoms with van der Waals surface area (Å²) in [5.74, 6) is 0.787. The molecule has 1 heterocycles. The molecule has 0 bridgehead atoms. The molecule has 1 aromatic rings. The molecule has 1 fully saturated rings. The summed E-state index contributed by atoms with van der Waals surface area (Å²) in [5.41, 5.74) is 0.912. The van der Waals surface area contributed by atoms with Gasteiger partial charge < -0.3 is 14.6 Å². The van der Waals surface area contributed by atoms with Gasteiger partial charge in [0.05, 0.1) is 20.3 Å². The quantitative estimate of drug-likeness (QED) is 0.889. The Labute approximate surface area is 108 Å². The Morgan fingerprint density at radius 1 is 1.50 bits per heavy atom. The lowest BCUT2D eigenvalue weighted by Crippen LogP contribution is -2.44. The summed E-state index contributed by atoms with van der Waals surface area (Å²) in [6.45, 7) is 5.36. The Bertz CT molecular complexity index is 395. The lowest BCUT2D eigenvalue weighted by molar-refractivity contribution is -0.0130. The summed E-state index contributed by atoms with van der Waals surface area (Å²) in [6.07, 6.45) is 1.06. The number of nitrogens with zero attached hydrogens (tertiary/aromatic N) is 1. The van der Waals surface area contributed by atoms with E-state index in [1.165, 1.54) is 0 Å². The number of aromatic hydroxyl groups is 1. The Kier molecular flexibility index (Phi) is 4.44. The number of phenolic OH excluding ortho intramolecular Hbond substituents is 1. The standard InChI is InChI=1S/C14H21NO3/c1-3-12-10-18-8-7-15(12)9-11-5-4-6-13(17-2)14(11)16/h4-6,12,16H,3,7-10H2,1-2H3. The molecule has 1 aliphatic rings. The van der Waals surface area contributed by atoms with Gasteiger partial charge in [-0.2, -0.15) is 0 Å². The first kappa shape index (κ1) is 13.2. The average Bonchev–Trinajstić information content (AvgIpc) is 2.42. The van der Waals surface area contributed by atoms with Crippen molar-refractivity contribution < 1.29 is 14.6 Å². The summed E-state index contributed by atoms with van der Waals surface area (Å²) in [4.78, 5) is 2.36. The van der Waals surface area contributed by atoms with Crippen molar-refractivity contribution in [2.24, 2.45) is 0 Å². The van der Waals surface area contributed by atoms with Crippen molar-refractivity contribution in [2.45, 2.75) is 25.9 Å². The molecule has 2 rings (SSSR count). The molecular formula is C14H21NO3. The number of methoxy groups -OCH3 is 1. The highest BCUT2D eigenvalue weighted by molar-refractivity contribution is 5.45. The van der Waals surface area contributed by atoms with Crippen molar-refractivity contribution in [1.29, 1.82) is 0 Å². The number of rotatable bonds is 4. The van der Waals surface area contributed by atoms with Gasteiger partial charge >= 0.3 is 0 Å². The van der Waals surface area contributed by atoms with Crippen molar-refractivity contribution in [3.05, 3.63) is 23.8 Å². The third kappa shape index (κ3) is 2.76. The summed E-state index contributed by atoms with van der Waals surface area (Å²) in [7, 11) is 1.57. The number of para-hydroxylation sites is 1. The molecule has 0 radical (unpaired) electrons. The molecule has 1 saturated heterocycles. The minimum atomic E-state index is 0.251. The SMILES string of the molecule is CCC1COCCN1Cc1cccc(OC)c1O. The molecule has 1 aromatic carbocycles. The van der Waals surface area contributed by atoms with Gasteiger partial charge in [0.1, 0.15) is 0 Å². The Morgan fingerprint density at radius 3 is 3.06 bits per heavy atom. The van der Waals surface area contributed by atoms with Crippen LogP contribution in [0.1, 0.15) is 18.9 Å². The summed E-state index contributed by atoms with van der Waals surface area (Å²) in [5, 5.41) is 10.1. The zero-order chi connectivity index (χ0) is 13.0. The van der Waals surface area contributed by atoms with E-state index >= 15 is 0 Å². The molecule has 0 aliphatic carbocycles. The molecule has 1 unspecified atom stereocenters. The molecular weight excluding hydrogens is 230 g/mol. The smallest absolute Gasteiger partial charge is 0.162 e. The van der Waals surface area contributed by atoms with Gasteiger partial charge in [-0.25, -0.2) is 0 Å². The fourth-order valence-electron chi connectivity index (χ4n) is 2.35. The minimum Gasteiger partial charge on any atom is -0.504 e. The maximum absolute atomic E-state index is 10.1. The van der Waals surface area contributed by atoms with Gasteiger partial charge in [0.2, 0.25) is 0 Å². The second-order valence-corrected chi connectivity index (χ2v) is 4.58. The lowest BCUT2D eigenvalue weighted by atomic mass is 10.1. The van der Waals surface area contributed by atoms with E-state index in [0.29, 0.717) is 11.8 Å². The molecule has 1 N–H and O–H groups in total. The van der Waals surface area contributed by atoms with Crippen molar-refractivity contribution in [3.8, 4) is 11.5 Å². The topological polar surface area (TPSA) is 41.9 Å². The summed E-state index contributed by atoms with van der Waals surface area (Å²) >= 11 is 0. The van der Waals surface area contributed by atoms with Gasteiger partial charge in [-0.15, -0.1) is 0 Å². The molecule has 4 heteroatoms. The maximum Gasteiger partial charge on any atom is 0.162 e. The molecule has 0 aromatic heterocycles. The molecule has 1 atom stereocenters. The van der Waals surface area contributed by atoms with Crippen LogP contribution in [0.4, 0.5) is 0 Å². The van der Waals surface area contributed by atoms with Crippen molar-refractivity contribution in [3.63, 3.8) is 0 Å². The zero-order valence-corrected chi connectivity index (χ0v) is 11.1. The van der Waals surface area contributed by atoms with Crippen LogP contribution < -0.4 is 4.74 Å². The van der Waals surface area contributed by atoms with E-state index in [1.54, 1.807) is 13.2 Å². The predicted molar refractivity (Wildman–Crippen MR) is 70.0 cm³/mol. The third-order valence-electron chi connectivity index (χ3n) is 3.50. The lowest BCUT2D eigenvalue weighted by Gasteiger charge is -2.35. The van der Waals surface area contributed by atoms with Crippen LogP contribution in [0.2, 0.25) is 0 Å². The van der Waals surface area contributed by atoms with Gasteiger partial charge in [0.25, 0.3) is 0 Å². The van der Waals surface area contributed by atoms with Crippen molar-refractivity contribution >= 4 is 0 Å². The Morgan fingerprint density at radius 2 is 2.33 bits per heavy atom. The highest BCUT2D eigenvalue weighted by atomic mass is 16.5. The first-order valence-corrected chi connectivity index (χ1v) is 6.43. The fraction of sp³-hybridized carbons (Fsp3) is 0.571. The van der Waals surface area contributed by atoms with Crippen LogP contribution in [0.3, 0.4) is 0 Å². The number of ether oxygens (including phenoxy) is 2. The van der Waals surface area contributed by atoms with Gasteiger partial charge in [-0.05, 0) is 12.5 Å². The summed E-state index contributed by atoms with van der Waals surface area (Å²) < 4.78 is 10.6. The first-order valence-electron chi connectivity index (χ1n) is 6.43. The minimum absolute atomic E-state index is 0.251. The van der Waals surface area contributed by atoms with E-state index in [1.807, 2.05) is 12.1 Å². The first-order chi connectivity index (χ1) is 8.76. The van der Waals surface area contributed by atoms with Crippen LogP contribution in [0.25, 0.3) is 0 Å². The van der Waals surface area contributed by atoms with Gasteiger partial charge in [-0.1, -0.05) is 19.1 Å². The van der Waals surface area contributed by atoms with Crippen LogP contribution in [0.5, 0.6) is 11.5 Å². The normalized spacial score (nSPS) is 20.9. The third-order valence-corrected chi connectivity index (χ3v) is 3.50. The summed E-state index contributed by atoms with van der Waals surface area (Å²) in [6, 6.07) is 6.06.